The van der Waals surface area contributed by atoms with E-state index < -0.39 is 16.0 Å². The smallest absolute Gasteiger partial charge is 0.285 e. The molecule has 10 heteroatoms. The van der Waals surface area contributed by atoms with Crippen LogP contribution in [0, 0.1) is 0 Å². The van der Waals surface area contributed by atoms with Gasteiger partial charge in [-0.2, -0.15) is 13.5 Å². The molecule has 4 aromatic rings. The molecule has 0 aliphatic carbocycles. The van der Waals surface area contributed by atoms with Crippen LogP contribution in [0.5, 0.6) is 0 Å². The fourth-order valence-corrected chi connectivity index (χ4v) is 3.69. The highest BCUT2D eigenvalue weighted by atomic mass is 32.2. The molecule has 0 fully saturated rings. The third-order valence-electron chi connectivity index (χ3n) is 4.07. The van der Waals surface area contributed by atoms with Gasteiger partial charge in [0.25, 0.3) is 10.0 Å². The van der Waals surface area contributed by atoms with Gasteiger partial charge >= 0.3 is 0 Å². The maximum absolute atomic E-state index is 12.0. The summed E-state index contributed by atoms with van der Waals surface area (Å²) in [5.41, 5.74) is 12.9. The summed E-state index contributed by atoms with van der Waals surface area (Å²) in [6.07, 6.45) is 3.42. The number of rotatable bonds is 4. The minimum Gasteiger partial charge on any atom is -0.369 e. The van der Waals surface area contributed by atoms with Crippen LogP contribution in [0.4, 0.5) is 11.4 Å². The van der Waals surface area contributed by atoms with E-state index >= 15 is 0 Å². The number of hydrogen-bond donors (Lipinski definition) is 2. The van der Waals surface area contributed by atoms with Gasteiger partial charge in [-0.15, -0.1) is 9.51 Å². The molecule has 144 valence electrons. The molecule has 0 unspecified atom stereocenters. The first-order valence-corrected chi connectivity index (χ1v) is 9.88. The Labute approximate surface area is 165 Å². The number of benzene rings is 2. The van der Waals surface area contributed by atoms with Gasteiger partial charge in [-0.25, -0.2) is 0 Å². The average Bonchev–Trinajstić information content (AvgIpc) is 2.71. The van der Waals surface area contributed by atoms with E-state index in [-0.39, 0.29) is 4.90 Å². The van der Waals surface area contributed by atoms with Crippen LogP contribution in [0.1, 0.15) is 0 Å². The third kappa shape index (κ3) is 3.73. The van der Waals surface area contributed by atoms with E-state index in [2.05, 4.69) is 24.6 Å². The van der Waals surface area contributed by atoms with Crippen LogP contribution in [0.25, 0.3) is 21.8 Å². The number of fused-ring (bicyclic) bond motifs is 3. The molecular weight excluding hydrogens is 390 g/mol. The zero-order chi connectivity index (χ0) is 20.4. The Morgan fingerprint density at radius 2 is 1.55 bits per heavy atom. The van der Waals surface area contributed by atoms with Crippen molar-refractivity contribution in [3.63, 3.8) is 0 Å². The second kappa shape index (κ2) is 7.24. The van der Waals surface area contributed by atoms with Crippen molar-refractivity contribution in [2.75, 3.05) is 0 Å². The number of pyridine rings is 2. The van der Waals surface area contributed by atoms with Gasteiger partial charge in [-0.3, -0.25) is 9.97 Å². The van der Waals surface area contributed by atoms with E-state index in [1.807, 2.05) is 30.3 Å². The standard InChI is InChI=1S/C19H15N7O2S/c20-19(21)26-29(27,28)14-7-5-13(6-8-14)24-25-16-11-12-3-1-9-22-17(12)18-15(16)4-2-10-23-18/h1-11H,(H4,20,21,26). The Hall–Kier alpha value is -3.92. The maximum Gasteiger partial charge on any atom is 0.285 e. The quantitative estimate of drug-likeness (QED) is 0.230. The molecule has 0 saturated carbocycles. The lowest BCUT2D eigenvalue weighted by atomic mass is 10.1. The topological polar surface area (TPSA) is 149 Å². The van der Waals surface area contributed by atoms with Crippen LogP contribution >= 0.6 is 0 Å². The van der Waals surface area contributed by atoms with Crippen molar-refractivity contribution in [3.05, 3.63) is 67.0 Å². The Kier molecular flexibility index (Phi) is 4.61. The first-order valence-electron chi connectivity index (χ1n) is 8.44. The lowest BCUT2D eigenvalue weighted by Crippen LogP contribution is -2.24. The summed E-state index contributed by atoms with van der Waals surface area (Å²) >= 11 is 0. The number of sulfonamides is 1. The second-order valence-corrected chi connectivity index (χ2v) is 7.66. The van der Waals surface area contributed by atoms with Crippen molar-refractivity contribution >= 4 is 49.2 Å². The molecule has 29 heavy (non-hydrogen) atoms. The summed E-state index contributed by atoms with van der Waals surface area (Å²) in [5.74, 6) is -0.528. The fraction of sp³-hybridized carbons (Fsp3) is 0. The Bertz CT molecular complexity index is 1380. The molecular formula is C19H15N7O2S. The van der Waals surface area contributed by atoms with Crippen molar-refractivity contribution in [1.82, 2.24) is 9.97 Å². The number of hydrogen-bond acceptors (Lipinski definition) is 6. The average molecular weight is 405 g/mol. The van der Waals surface area contributed by atoms with Gasteiger partial charge < -0.3 is 11.5 Å². The zero-order valence-electron chi connectivity index (χ0n) is 15.0. The summed E-state index contributed by atoms with van der Waals surface area (Å²) in [7, 11) is -3.95. The SMILES string of the molecule is NC(N)=NS(=O)(=O)c1ccc(N=Nc2cc3cccnc3c3ncccc23)cc1. The van der Waals surface area contributed by atoms with E-state index in [9.17, 15) is 8.42 Å². The number of aromatic nitrogens is 2. The first kappa shape index (κ1) is 18.4. The van der Waals surface area contributed by atoms with E-state index in [1.54, 1.807) is 12.4 Å². The summed E-state index contributed by atoms with van der Waals surface area (Å²) in [5, 5.41) is 10.3. The summed E-state index contributed by atoms with van der Waals surface area (Å²) in [6.45, 7) is 0. The molecule has 0 spiro atoms. The third-order valence-corrected chi connectivity index (χ3v) is 5.39. The largest absolute Gasteiger partial charge is 0.369 e. The van der Waals surface area contributed by atoms with Crippen LogP contribution < -0.4 is 11.5 Å². The van der Waals surface area contributed by atoms with Gasteiger partial charge in [-0.05, 0) is 48.5 Å². The van der Waals surface area contributed by atoms with Gasteiger partial charge in [0, 0.05) is 23.2 Å². The molecule has 0 radical (unpaired) electrons. The summed E-state index contributed by atoms with van der Waals surface area (Å²) in [4.78, 5) is 8.78. The molecule has 0 saturated heterocycles. The van der Waals surface area contributed by atoms with E-state index in [0.717, 1.165) is 21.8 Å². The van der Waals surface area contributed by atoms with Gasteiger partial charge in [0.05, 0.1) is 27.3 Å². The first-order chi connectivity index (χ1) is 13.9. The predicted molar refractivity (Wildman–Crippen MR) is 111 cm³/mol. The Morgan fingerprint density at radius 1 is 0.862 bits per heavy atom. The van der Waals surface area contributed by atoms with Gasteiger partial charge in [0.2, 0.25) is 5.96 Å². The molecule has 0 atom stereocenters. The lowest BCUT2D eigenvalue weighted by molar-refractivity contribution is 0.598. The Balaban J connectivity index is 1.72. The lowest BCUT2D eigenvalue weighted by Gasteiger charge is -2.05. The molecule has 9 nitrogen and oxygen atoms in total. The fourth-order valence-electron chi connectivity index (χ4n) is 2.83. The molecule has 2 heterocycles. The number of nitrogens with two attached hydrogens (primary N) is 2. The maximum atomic E-state index is 12.0. The van der Waals surface area contributed by atoms with Gasteiger partial charge in [-0.1, -0.05) is 6.07 Å². The van der Waals surface area contributed by atoms with Crippen molar-refractivity contribution in [2.45, 2.75) is 4.90 Å². The monoisotopic (exact) mass is 405 g/mol. The molecule has 0 amide bonds. The molecule has 4 N–H and O–H groups in total. The number of azo groups is 1. The predicted octanol–water partition coefficient (Wildman–Crippen LogP) is 3.16. The molecule has 0 aliphatic rings. The molecule has 2 aromatic heterocycles. The van der Waals surface area contributed by atoms with Gasteiger partial charge in [0.15, 0.2) is 0 Å². The van der Waals surface area contributed by atoms with Crippen molar-refractivity contribution in [1.29, 1.82) is 0 Å². The van der Waals surface area contributed by atoms with Crippen molar-refractivity contribution < 1.29 is 8.42 Å². The van der Waals surface area contributed by atoms with Crippen LogP contribution in [-0.4, -0.2) is 24.3 Å². The van der Waals surface area contributed by atoms with E-state index in [0.29, 0.717) is 11.4 Å². The number of guanidine groups is 1. The van der Waals surface area contributed by atoms with Crippen LogP contribution in [0.2, 0.25) is 0 Å². The normalized spacial score (nSPS) is 11.9. The van der Waals surface area contributed by atoms with Crippen molar-refractivity contribution in [2.24, 2.45) is 26.1 Å². The second-order valence-electron chi connectivity index (χ2n) is 6.06. The molecule has 0 aliphatic heterocycles. The minimum atomic E-state index is -3.95. The van der Waals surface area contributed by atoms with E-state index in [1.165, 1.54) is 24.3 Å². The molecule has 4 rings (SSSR count). The highest BCUT2D eigenvalue weighted by molar-refractivity contribution is 7.90. The number of nitrogens with zero attached hydrogens (tertiary/aromatic N) is 5. The summed E-state index contributed by atoms with van der Waals surface area (Å²) < 4.78 is 27.2. The van der Waals surface area contributed by atoms with E-state index in [4.69, 9.17) is 11.5 Å². The van der Waals surface area contributed by atoms with Crippen LogP contribution in [0.15, 0.2) is 86.5 Å². The van der Waals surface area contributed by atoms with Crippen molar-refractivity contribution in [3.8, 4) is 0 Å². The summed E-state index contributed by atoms with van der Waals surface area (Å²) in [6, 6.07) is 15.1. The van der Waals surface area contributed by atoms with Crippen LogP contribution in [0.3, 0.4) is 0 Å². The zero-order valence-corrected chi connectivity index (χ0v) is 15.8. The molecule has 0 bridgehead atoms. The minimum absolute atomic E-state index is 0.0451. The highest BCUT2D eigenvalue weighted by Gasteiger charge is 2.13. The highest BCUT2D eigenvalue weighted by Crippen LogP contribution is 2.32. The molecule has 2 aromatic carbocycles. The van der Waals surface area contributed by atoms with Crippen LogP contribution in [-0.2, 0) is 10.0 Å². The van der Waals surface area contributed by atoms with Gasteiger partial charge in [0.1, 0.15) is 0 Å². The Morgan fingerprint density at radius 3 is 2.28 bits per heavy atom.